The molecular formula is C11H11BrS2. The smallest absolute Gasteiger partial charge is 0.0364 e. The Morgan fingerprint density at radius 3 is 2.86 bits per heavy atom. The summed E-state index contributed by atoms with van der Waals surface area (Å²) in [7, 11) is 0. The number of hydrogen-bond acceptors (Lipinski definition) is 2. The normalized spacial score (nSPS) is 11.1. The Labute approximate surface area is 101 Å². The lowest BCUT2D eigenvalue weighted by Gasteiger charge is -2.06. The molecule has 0 bridgehead atoms. The number of fused-ring (bicyclic) bond motifs is 1. The summed E-state index contributed by atoms with van der Waals surface area (Å²) in [4.78, 5) is 1.40. The lowest BCUT2D eigenvalue weighted by Crippen LogP contribution is -1.85. The van der Waals surface area contributed by atoms with E-state index in [0.29, 0.717) is 0 Å². The lowest BCUT2D eigenvalue weighted by atomic mass is 10.1. The fourth-order valence-electron chi connectivity index (χ4n) is 1.68. The molecule has 0 amide bonds. The zero-order valence-corrected chi connectivity index (χ0v) is 11.4. The molecule has 0 atom stereocenters. The molecule has 2 aromatic rings. The largest absolute Gasteiger partial charge is 0.143 e. The highest BCUT2D eigenvalue weighted by Crippen LogP contribution is 2.37. The van der Waals surface area contributed by atoms with Gasteiger partial charge in [0.05, 0.1) is 0 Å². The van der Waals surface area contributed by atoms with Crippen LogP contribution in [0.1, 0.15) is 12.5 Å². The fraction of sp³-hybridized carbons (Fsp3) is 0.273. The van der Waals surface area contributed by atoms with Crippen LogP contribution in [0.2, 0.25) is 0 Å². The molecule has 1 heterocycles. The highest BCUT2D eigenvalue weighted by molar-refractivity contribution is 9.10. The van der Waals surface area contributed by atoms with E-state index in [1.165, 1.54) is 25.0 Å². The topological polar surface area (TPSA) is 0 Å². The van der Waals surface area contributed by atoms with Crippen LogP contribution in [0.3, 0.4) is 0 Å². The number of benzene rings is 1. The molecule has 0 saturated carbocycles. The molecule has 14 heavy (non-hydrogen) atoms. The summed E-state index contributed by atoms with van der Waals surface area (Å²) in [6.45, 7) is 2.22. The fourth-order valence-corrected chi connectivity index (χ4v) is 4.09. The Balaban J connectivity index is 2.81. The summed E-state index contributed by atoms with van der Waals surface area (Å²) >= 11 is 7.26. The van der Waals surface area contributed by atoms with Gasteiger partial charge >= 0.3 is 0 Å². The van der Waals surface area contributed by atoms with Gasteiger partial charge in [-0.1, -0.05) is 6.92 Å². The number of hydrogen-bond donors (Lipinski definition) is 0. The van der Waals surface area contributed by atoms with Gasteiger partial charge in [-0.25, -0.2) is 0 Å². The third-order valence-corrected chi connectivity index (χ3v) is 5.03. The van der Waals surface area contributed by atoms with Crippen LogP contribution >= 0.6 is 39.0 Å². The van der Waals surface area contributed by atoms with Crippen molar-refractivity contribution in [2.45, 2.75) is 18.2 Å². The second-order valence-electron chi connectivity index (χ2n) is 3.06. The van der Waals surface area contributed by atoms with E-state index in [1.807, 2.05) is 11.8 Å². The molecule has 0 aliphatic heterocycles. The van der Waals surface area contributed by atoms with Crippen LogP contribution in [0.4, 0.5) is 0 Å². The van der Waals surface area contributed by atoms with Gasteiger partial charge in [0, 0.05) is 24.8 Å². The van der Waals surface area contributed by atoms with Crippen molar-refractivity contribution in [3.8, 4) is 0 Å². The van der Waals surface area contributed by atoms with Crippen molar-refractivity contribution in [1.29, 1.82) is 0 Å². The first-order chi connectivity index (χ1) is 6.77. The Morgan fingerprint density at radius 2 is 2.21 bits per heavy atom. The van der Waals surface area contributed by atoms with Crippen LogP contribution in [-0.2, 0) is 6.42 Å². The van der Waals surface area contributed by atoms with Crippen molar-refractivity contribution in [2.24, 2.45) is 0 Å². The molecule has 0 aliphatic carbocycles. The highest BCUT2D eigenvalue weighted by Gasteiger charge is 2.09. The second kappa shape index (κ2) is 4.25. The quantitative estimate of drug-likeness (QED) is 0.704. The van der Waals surface area contributed by atoms with E-state index >= 15 is 0 Å². The summed E-state index contributed by atoms with van der Waals surface area (Å²) in [5.41, 5.74) is 1.48. The van der Waals surface area contributed by atoms with Gasteiger partial charge in [0.1, 0.15) is 0 Å². The Kier molecular flexibility index (Phi) is 3.20. The lowest BCUT2D eigenvalue weighted by molar-refractivity contribution is 1.11. The van der Waals surface area contributed by atoms with Crippen molar-refractivity contribution in [1.82, 2.24) is 0 Å². The first-order valence-corrected chi connectivity index (χ1v) is 7.40. The maximum absolute atomic E-state index is 3.62. The van der Waals surface area contributed by atoms with Crippen molar-refractivity contribution in [3.63, 3.8) is 0 Å². The maximum Gasteiger partial charge on any atom is 0.0364 e. The second-order valence-corrected chi connectivity index (χ2v) is 5.67. The van der Waals surface area contributed by atoms with Gasteiger partial charge in [-0.2, -0.15) is 0 Å². The van der Waals surface area contributed by atoms with Gasteiger partial charge in [0.2, 0.25) is 0 Å². The molecule has 0 spiro atoms. The Hall–Kier alpha value is 0.01000. The molecule has 2 rings (SSSR count). The summed E-state index contributed by atoms with van der Waals surface area (Å²) in [5, 5.41) is 3.58. The van der Waals surface area contributed by atoms with Gasteiger partial charge in [-0.3, -0.25) is 0 Å². The molecular weight excluding hydrogens is 276 g/mol. The highest BCUT2D eigenvalue weighted by atomic mass is 79.9. The minimum atomic E-state index is 1.10. The standard InChI is InChI=1S/C11H11BrS2/c1-3-7-9(13-2)4-5-10-11(7)8(12)6-14-10/h4-6H,3H2,1-2H3. The average Bonchev–Trinajstić information content (AvgIpc) is 2.59. The predicted molar refractivity (Wildman–Crippen MR) is 70.7 cm³/mol. The SMILES string of the molecule is CCc1c(SC)ccc2scc(Br)c12. The molecule has 3 heteroatoms. The number of rotatable bonds is 2. The first-order valence-electron chi connectivity index (χ1n) is 4.50. The number of halogens is 1. The third kappa shape index (κ3) is 1.62. The number of thiophene rings is 1. The summed E-state index contributed by atoms with van der Waals surface area (Å²) in [6.07, 6.45) is 3.24. The van der Waals surface area contributed by atoms with Crippen molar-refractivity contribution >= 4 is 49.1 Å². The van der Waals surface area contributed by atoms with Gasteiger partial charge in [0.25, 0.3) is 0 Å². The van der Waals surface area contributed by atoms with Crippen LogP contribution in [-0.4, -0.2) is 6.26 Å². The number of thioether (sulfide) groups is 1. The van der Waals surface area contributed by atoms with Crippen LogP contribution in [0.15, 0.2) is 26.9 Å². The minimum Gasteiger partial charge on any atom is -0.143 e. The van der Waals surface area contributed by atoms with Crippen molar-refractivity contribution in [2.75, 3.05) is 6.26 Å². The van der Waals surface area contributed by atoms with Crippen LogP contribution < -0.4 is 0 Å². The number of aryl methyl sites for hydroxylation is 1. The van der Waals surface area contributed by atoms with E-state index in [4.69, 9.17) is 0 Å². The van der Waals surface area contributed by atoms with Crippen LogP contribution in [0.25, 0.3) is 10.1 Å². The Morgan fingerprint density at radius 1 is 1.43 bits per heavy atom. The van der Waals surface area contributed by atoms with Gasteiger partial charge in [-0.05, 0) is 46.3 Å². The Bertz CT molecular complexity index is 460. The molecule has 1 aromatic carbocycles. The average molecular weight is 287 g/mol. The van der Waals surface area contributed by atoms with E-state index < -0.39 is 0 Å². The van der Waals surface area contributed by atoms with Crippen molar-refractivity contribution in [3.05, 3.63) is 27.5 Å². The van der Waals surface area contributed by atoms with Crippen LogP contribution in [0.5, 0.6) is 0 Å². The van der Waals surface area contributed by atoms with Gasteiger partial charge < -0.3 is 0 Å². The monoisotopic (exact) mass is 286 g/mol. The van der Waals surface area contributed by atoms with Crippen molar-refractivity contribution < 1.29 is 0 Å². The van der Waals surface area contributed by atoms with E-state index in [9.17, 15) is 0 Å². The predicted octanol–water partition coefficient (Wildman–Crippen LogP) is 4.95. The van der Waals surface area contributed by atoms with Gasteiger partial charge in [-0.15, -0.1) is 23.1 Å². The summed E-state index contributed by atoms with van der Waals surface area (Å²) in [6, 6.07) is 4.45. The molecule has 0 saturated heterocycles. The molecule has 0 nitrogen and oxygen atoms in total. The summed E-state index contributed by atoms with van der Waals surface area (Å²) < 4.78 is 2.62. The van der Waals surface area contributed by atoms with Crippen LogP contribution in [0, 0.1) is 0 Å². The molecule has 74 valence electrons. The molecule has 0 N–H and O–H groups in total. The molecule has 0 fully saturated rings. The van der Waals surface area contributed by atoms with E-state index in [2.05, 4.69) is 46.6 Å². The molecule has 0 radical (unpaired) electrons. The van der Waals surface area contributed by atoms with E-state index in [0.717, 1.165) is 6.42 Å². The van der Waals surface area contributed by atoms with E-state index in [-0.39, 0.29) is 0 Å². The summed E-state index contributed by atoms with van der Waals surface area (Å²) in [5.74, 6) is 0. The molecule has 0 aliphatic rings. The minimum absolute atomic E-state index is 1.10. The maximum atomic E-state index is 3.62. The molecule has 0 unspecified atom stereocenters. The first kappa shape index (κ1) is 10.5. The molecule has 1 aromatic heterocycles. The zero-order valence-electron chi connectivity index (χ0n) is 8.13. The van der Waals surface area contributed by atoms with E-state index in [1.54, 1.807) is 11.3 Å². The third-order valence-electron chi connectivity index (χ3n) is 2.33. The van der Waals surface area contributed by atoms with Gasteiger partial charge in [0.15, 0.2) is 0 Å². The zero-order chi connectivity index (χ0) is 10.1.